The van der Waals surface area contributed by atoms with Gasteiger partial charge in [0.2, 0.25) is 10.0 Å². The Hall–Kier alpha value is -2.61. The van der Waals surface area contributed by atoms with Crippen molar-refractivity contribution in [2.75, 3.05) is 47.7 Å². The first kappa shape index (κ1) is 20.7. The second-order valence-corrected chi connectivity index (χ2v) is 10.2. The van der Waals surface area contributed by atoms with E-state index in [1.54, 1.807) is 12.1 Å². The zero-order chi connectivity index (χ0) is 21.5. The summed E-state index contributed by atoms with van der Waals surface area (Å²) in [7, 11) is -3.22. The molecule has 0 saturated carbocycles. The average Bonchev–Trinajstić information content (AvgIpc) is 3.06. The van der Waals surface area contributed by atoms with Crippen LogP contribution in [0.15, 0.2) is 30.5 Å². The van der Waals surface area contributed by atoms with Crippen molar-refractivity contribution in [1.82, 2.24) is 9.88 Å². The van der Waals surface area contributed by atoms with Crippen LogP contribution in [0.4, 0.5) is 11.5 Å². The van der Waals surface area contributed by atoms with Crippen molar-refractivity contribution in [2.45, 2.75) is 27.2 Å². The normalized spacial score (nSPS) is 18.7. The second-order valence-electron chi connectivity index (χ2n) is 8.17. The molecule has 8 heteroatoms. The van der Waals surface area contributed by atoms with Crippen LogP contribution in [-0.2, 0) is 10.0 Å². The number of sulfonamides is 1. The number of aryl methyl sites for hydroxylation is 3. The predicted molar refractivity (Wildman–Crippen MR) is 119 cm³/mol. The first-order chi connectivity index (χ1) is 14.3. The molecule has 4 rings (SSSR count). The number of amides is 1. The van der Waals surface area contributed by atoms with Gasteiger partial charge in [0.25, 0.3) is 5.91 Å². The molecule has 0 unspecified atom stereocenters. The molecule has 0 atom stereocenters. The first-order valence-electron chi connectivity index (χ1n) is 10.3. The lowest BCUT2D eigenvalue weighted by Crippen LogP contribution is -2.49. The van der Waals surface area contributed by atoms with Gasteiger partial charge in [0.1, 0.15) is 5.82 Å². The largest absolute Gasteiger partial charge is 0.353 e. The molecule has 3 heterocycles. The van der Waals surface area contributed by atoms with Gasteiger partial charge in [0.05, 0.1) is 11.4 Å². The molecule has 2 saturated heterocycles. The number of nitrogens with zero attached hydrogens (tertiary/aromatic N) is 4. The SMILES string of the molecule is Cc1cnc(N2CCN(C(=O)c3ccc(N4CCCS4(=O)=O)cc3C)CC2)c(C)c1. The third kappa shape index (κ3) is 3.88. The Balaban J connectivity index is 1.45. The van der Waals surface area contributed by atoms with Crippen molar-refractivity contribution in [3.63, 3.8) is 0 Å². The zero-order valence-electron chi connectivity index (χ0n) is 17.8. The highest BCUT2D eigenvalue weighted by atomic mass is 32.2. The minimum absolute atomic E-state index is 0.00318. The molecule has 0 N–H and O–H groups in total. The summed E-state index contributed by atoms with van der Waals surface area (Å²) in [6, 6.07) is 7.45. The lowest BCUT2D eigenvalue weighted by Gasteiger charge is -2.36. The Labute approximate surface area is 178 Å². The van der Waals surface area contributed by atoms with E-state index in [2.05, 4.69) is 22.9 Å². The van der Waals surface area contributed by atoms with Crippen LogP contribution in [0.1, 0.15) is 33.5 Å². The molecule has 30 heavy (non-hydrogen) atoms. The minimum atomic E-state index is -3.22. The van der Waals surface area contributed by atoms with Gasteiger partial charge in [-0.3, -0.25) is 9.10 Å². The van der Waals surface area contributed by atoms with Crippen molar-refractivity contribution >= 4 is 27.4 Å². The molecule has 7 nitrogen and oxygen atoms in total. The van der Waals surface area contributed by atoms with Crippen LogP contribution in [0.25, 0.3) is 0 Å². The second kappa shape index (κ2) is 7.91. The predicted octanol–water partition coefficient (Wildman–Crippen LogP) is 2.51. The molecule has 2 fully saturated rings. The Morgan fingerprint density at radius 1 is 0.967 bits per heavy atom. The van der Waals surface area contributed by atoms with E-state index in [4.69, 9.17) is 0 Å². The van der Waals surface area contributed by atoms with Crippen molar-refractivity contribution in [2.24, 2.45) is 0 Å². The fraction of sp³-hybridized carbons (Fsp3) is 0.455. The summed E-state index contributed by atoms with van der Waals surface area (Å²) in [6.07, 6.45) is 2.52. The summed E-state index contributed by atoms with van der Waals surface area (Å²) < 4.78 is 25.8. The Bertz CT molecular complexity index is 1080. The molecule has 1 amide bonds. The summed E-state index contributed by atoms with van der Waals surface area (Å²) in [4.78, 5) is 21.8. The summed E-state index contributed by atoms with van der Waals surface area (Å²) in [5.41, 5.74) is 4.38. The molecule has 1 aromatic heterocycles. The molecule has 2 aromatic rings. The van der Waals surface area contributed by atoms with Gasteiger partial charge in [-0.15, -0.1) is 0 Å². The maximum Gasteiger partial charge on any atom is 0.254 e. The van der Waals surface area contributed by atoms with Crippen molar-refractivity contribution in [1.29, 1.82) is 0 Å². The van der Waals surface area contributed by atoms with Gasteiger partial charge in [-0.2, -0.15) is 0 Å². The number of anilines is 2. The van der Waals surface area contributed by atoms with Crippen LogP contribution < -0.4 is 9.21 Å². The molecule has 2 aliphatic heterocycles. The average molecular weight is 429 g/mol. The summed E-state index contributed by atoms with van der Waals surface area (Å²) in [6.45, 7) is 9.23. The Kier molecular flexibility index (Phi) is 5.44. The highest BCUT2D eigenvalue weighted by molar-refractivity contribution is 7.93. The van der Waals surface area contributed by atoms with Crippen molar-refractivity contribution in [3.05, 3.63) is 52.7 Å². The Morgan fingerprint density at radius 2 is 1.70 bits per heavy atom. The van der Waals surface area contributed by atoms with Gasteiger partial charge in [-0.05, 0) is 62.1 Å². The third-order valence-electron chi connectivity index (χ3n) is 5.88. The van der Waals surface area contributed by atoms with Gasteiger partial charge in [0, 0.05) is 44.5 Å². The maximum atomic E-state index is 13.1. The van der Waals surface area contributed by atoms with E-state index in [0.29, 0.717) is 37.3 Å². The third-order valence-corrected chi connectivity index (χ3v) is 7.75. The fourth-order valence-electron chi connectivity index (χ4n) is 4.30. The van der Waals surface area contributed by atoms with E-state index in [1.165, 1.54) is 4.31 Å². The van der Waals surface area contributed by atoms with Gasteiger partial charge in [0.15, 0.2) is 0 Å². The van der Waals surface area contributed by atoms with E-state index in [9.17, 15) is 13.2 Å². The molecular weight excluding hydrogens is 400 g/mol. The minimum Gasteiger partial charge on any atom is -0.353 e. The van der Waals surface area contributed by atoms with E-state index in [-0.39, 0.29) is 11.7 Å². The van der Waals surface area contributed by atoms with Crippen LogP contribution in [0, 0.1) is 20.8 Å². The molecule has 1 aromatic carbocycles. The molecule has 2 aliphatic rings. The number of rotatable bonds is 3. The number of hydrogen-bond acceptors (Lipinski definition) is 5. The first-order valence-corrected chi connectivity index (χ1v) is 12.0. The smallest absolute Gasteiger partial charge is 0.254 e. The van der Waals surface area contributed by atoms with Gasteiger partial charge in [-0.1, -0.05) is 6.07 Å². The zero-order valence-corrected chi connectivity index (χ0v) is 18.6. The monoisotopic (exact) mass is 428 g/mol. The quantitative estimate of drug-likeness (QED) is 0.751. The lowest BCUT2D eigenvalue weighted by molar-refractivity contribution is 0.0746. The number of carbonyl (C=O) groups excluding carboxylic acids is 1. The van der Waals surface area contributed by atoms with Crippen LogP contribution in [0.5, 0.6) is 0 Å². The van der Waals surface area contributed by atoms with Crippen LogP contribution in [0.2, 0.25) is 0 Å². The van der Waals surface area contributed by atoms with Crippen LogP contribution >= 0.6 is 0 Å². The number of aromatic nitrogens is 1. The highest BCUT2D eigenvalue weighted by Crippen LogP contribution is 2.27. The highest BCUT2D eigenvalue weighted by Gasteiger charge is 2.29. The molecule has 0 radical (unpaired) electrons. The van der Waals surface area contributed by atoms with Crippen LogP contribution in [0.3, 0.4) is 0 Å². The number of pyridine rings is 1. The lowest BCUT2D eigenvalue weighted by atomic mass is 10.1. The van der Waals surface area contributed by atoms with Crippen LogP contribution in [-0.4, -0.2) is 62.7 Å². The van der Waals surface area contributed by atoms with Gasteiger partial charge >= 0.3 is 0 Å². The van der Waals surface area contributed by atoms with Crippen molar-refractivity contribution < 1.29 is 13.2 Å². The summed E-state index contributed by atoms with van der Waals surface area (Å²) in [5.74, 6) is 1.17. The standard InChI is InChI=1S/C22H28N4O3S/c1-16-13-18(3)21(23-15-16)24-8-10-25(11-9-24)22(27)20-6-5-19(14-17(20)2)26-7-4-12-30(26,28)29/h5-6,13-15H,4,7-12H2,1-3H3. The number of benzene rings is 1. The molecule has 0 spiro atoms. The number of hydrogen-bond donors (Lipinski definition) is 0. The van der Waals surface area contributed by atoms with E-state index in [1.807, 2.05) is 31.0 Å². The van der Waals surface area contributed by atoms with Gasteiger partial charge < -0.3 is 9.80 Å². The topological polar surface area (TPSA) is 73.8 Å². The fourth-order valence-corrected chi connectivity index (χ4v) is 5.86. The summed E-state index contributed by atoms with van der Waals surface area (Å²) in [5, 5.41) is 0. The van der Waals surface area contributed by atoms with Gasteiger partial charge in [-0.25, -0.2) is 13.4 Å². The van der Waals surface area contributed by atoms with Crippen molar-refractivity contribution in [3.8, 4) is 0 Å². The Morgan fingerprint density at radius 3 is 2.30 bits per heavy atom. The van der Waals surface area contributed by atoms with E-state index in [0.717, 1.165) is 35.6 Å². The maximum absolute atomic E-state index is 13.1. The molecular formula is C22H28N4O3S. The number of carbonyl (C=O) groups is 1. The van der Waals surface area contributed by atoms with E-state index < -0.39 is 10.0 Å². The molecule has 0 aliphatic carbocycles. The molecule has 0 bridgehead atoms. The number of piperazine rings is 1. The molecule has 160 valence electrons. The summed E-state index contributed by atoms with van der Waals surface area (Å²) >= 11 is 0. The van der Waals surface area contributed by atoms with E-state index >= 15 is 0 Å².